The van der Waals surface area contributed by atoms with Crippen molar-refractivity contribution in [3.05, 3.63) is 18.1 Å². The summed E-state index contributed by atoms with van der Waals surface area (Å²) in [6.07, 6.45) is 2.78. The second kappa shape index (κ2) is 5.83. The fourth-order valence-corrected chi connectivity index (χ4v) is 3.08. The molecule has 0 aliphatic carbocycles. The number of nitrogens with one attached hydrogen (secondary N) is 1. The van der Waals surface area contributed by atoms with E-state index in [0.717, 1.165) is 4.57 Å². The van der Waals surface area contributed by atoms with Gasteiger partial charge in [0.15, 0.2) is 20.6 Å². The van der Waals surface area contributed by atoms with Gasteiger partial charge in [0.05, 0.1) is 17.5 Å². The van der Waals surface area contributed by atoms with Crippen molar-refractivity contribution in [2.24, 2.45) is 7.05 Å². The molecular formula is C11H12F2N4O4S. The van der Waals surface area contributed by atoms with Crippen LogP contribution >= 0.6 is 0 Å². The molecule has 1 N–H and O–H groups in total. The third-order valence-corrected chi connectivity index (χ3v) is 4.68. The van der Waals surface area contributed by atoms with E-state index >= 15 is 0 Å². The van der Waals surface area contributed by atoms with Crippen molar-refractivity contribution in [3.63, 3.8) is 0 Å². The highest BCUT2D eigenvalue weighted by molar-refractivity contribution is 7.91. The van der Waals surface area contributed by atoms with Gasteiger partial charge in [-0.1, -0.05) is 6.92 Å². The predicted molar refractivity (Wildman–Crippen MR) is 69.9 cm³/mol. The zero-order chi connectivity index (χ0) is 16.5. The van der Waals surface area contributed by atoms with Gasteiger partial charge in [-0.2, -0.15) is 13.9 Å². The van der Waals surface area contributed by atoms with Crippen LogP contribution in [0.25, 0.3) is 11.4 Å². The van der Waals surface area contributed by atoms with Crippen LogP contribution in [-0.2, 0) is 21.6 Å². The molecule has 22 heavy (non-hydrogen) atoms. The van der Waals surface area contributed by atoms with E-state index in [1.807, 2.05) is 0 Å². The van der Waals surface area contributed by atoms with Gasteiger partial charge >= 0.3 is 12.6 Å². The number of hydrogen-bond donors (Lipinski definition) is 1. The molecule has 2 heterocycles. The Labute approximate surface area is 124 Å². The largest absolute Gasteiger partial charge is 0.398 e. The molecule has 0 aliphatic heterocycles. The number of aromatic amines is 1. The minimum Gasteiger partial charge on any atom is -0.398 e. The van der Waals surface area contributed by atoms with Crippen molar-refractivity contribution in [2.75, 3.05) is 5.75 Å². The maximum atomic E-state index is 12.2. The fraction of sp³-hybridized carbons (Fsp3) is 0.364. The Morgan fingerprint density at radius 3 is 2.68 bits per heavy atom. The number of H-pyrrole nitrogens is 1. The number of esters is 1. The lowest BCUT2D eigenvalue weighted by atomic mass is 10.3. The van der Waals surface area contributed by atoms with Crippen molar-refractivity contribution in [2.45, 2.75) is 18.6 Å². The van der Waals surface area contributed by atoms with E-state index in [4.69, 9.17) is 0 Å². The molecule has 0 fully saturated rings. The molecule has 0 aromatic carbocycles. The topological polar surface area (TPSA) is 107 Å². The maximum absolute atomic E-state index is 12.2. The molecule has 2 aromatic rings. The van der Waals surface area contributed by atoms with Crippen molar-refractivity contribution >= 4 is 15.8 Å². The smallest absolute Gasteiger partial charge is 0.389 e. The molecule has 8 nitrogen and oxygen atoms in total. The molecule has 0 atom stereocenters. The van der Waals surface area contributed by atoms with Crippen LogP contribution in [0.5, 0.6) is 0 Å². The number of halogens is 2. The Bertz CT molecular complexity index is 783. The summed E-state index contributed by atoms with van der Waals surface area (Å²) >= 11 is 0. The summed E-state index contributed by atoms with van der Waals surface area (Å²) in [5.74, 6) is -1.75. The number of hydrogen-bond acceptors (Lipinski definition) is 6. The molecule has 2 aromatic heterocycles. The van der Waals surface area contributed by atoms with Gasteiger partial charge in [0.1, 0.15) is 5.82 Å². The van der Waals surface area contributed by atoms with Gasteiger partial charge in [-0.05, 0) is 0 Å². The Balaban J connectivity index is 2.66. The van der Waals surface area contributed by atoms with Crippen molar-refractivity contribution in [1.29, 1.82) is 0 Å². The first-order valence-corrected chi connectivity index (χ1v) is 7.71. The molecule has 0 saturated heterocycles. The van der Waals surface area contributed by atoms with Crippen molar-refractivity contribution in [1.82, 2.24) is 19.7 Å². The molecule has 2 rings (SSSR count). The van der Waals surface area contributed by atoms with Crippen molar-refractivity contribution < 1.29 is 26.7 Å². The number of aromatic nitrogens is 4. The number of imidazole rings is 1. The number of carbonyl (C=O) groups excluding carboxylic acids is 1. The first-order valence-electron chi connectivity index (χ1n) is 6.05. The van der Waals surface area contributed by atoms with Gasteiger partial charge in [0.2, 0.25) is 0 Å². The fourth-order valence-electron chi connectivity index (χ4n) is 1.88. The number of ether oxygens (including phenoxy) is 1. The number of alkyl halides is 2. The minimum atomic E-state index is -3.89. The van der Waals surface area contributed by atoms with Gasteiger partial charge in [-0.25, -0.2) is 18.2 Å². The molecular weight excluding hydrogens is 322 g/mol. The van der Waals surface area contributed by atoms with Crippen LogP contribution in [0.4, 0.5) is 8.78 Å². The molecule has 0 spiro atoms. The predicted octanol–water partition coefficient (Wildman–Crippen LogP) is 0.983. The number of nitrogens with zero attached hydrogens (tertiary/aromatic N) is 3. The Morgan fingerprint density at radius 2 is 2.18 bits per heavy atom. The highest BCUT2D eigenvalue weighted by Crippen LogP contribution is 2.25. The van der Waals surface area contributed by atoms with Crippen LogP contribution in [-0.4, -0.2) is 46.5 Å². The summed E-state index contributed by atoms with van der Waals surface area (Å²) in [4.78, 5) is 15.5. The van der Waals surface area contributed by atoms with E-state index in [1.54, 1.807) is 0 Å². The first-order chi connectivity index (χ1) is 10.3. The highest BCUT2D eigenvalue weighted by Gasteiger charge is 2.32. The molecule has 0 unspecified atom stereocenters. The average molecular weight is 334 g/mol. The number of rotatable bonds is 5. The Kier molecular flexibility index (Phi) is 4.26. The molecule has 120 valence electrons. The van der Waals surface area contributed by atoms with Crippen LogP contribution < -0.4 is 0 Å². The third-order valence-electron chi connectivity index (χ3n) is 2.86. The summed E-state index contributed by atoms with van der Waals surface area (Å²) < 4.78 is 53.6. The third kappa shape index (κ3) is 2.84. The normalized spacial score (nSPS) is 11.9. The van der Waals surface area contributed by atoms with Crippen LogP contribution in [0, 0.1) is 0 Å². The van der Waals surface area contributed by atoms with Gasteiger partial charge in [0.25, 0.3) is 0 Å². The Morgan fingerprint density at radius 1 is 1.50 bits per heavy atom. The molecule has 0 aliphatic rings. The monoisotopic (exact) mass is 334 g/mol. The summed E-state index contributed by atoms with van der Waals surface area (Å²) in [5, 5.41) is 5.72. The van der Waals surface area contributed by atoms with E-state index in [9.17, 15) is 22.0 Å². The highest BCUT2D eigenvalue weighted by atomic mass is 32.2. The summed E-state index contributed by atoms with van der Waals surface area (Å²) in [7, 11) is -2.53. The van der Waals surface area contributed by atoms with E-state index < -0.39 is 33.1 Å². The summed E-state index contributed by atoms with van der Waals surface area (Å²) in [5.41, 5.74) is -0.285. The molecule has 0 saturated carbocycles. The second-order valence-electron chi connectivity index (χ2n) is 4.20. The maximum Gasteiger partial charge on any atom is 0.389 e. The lowest BCUT2D eigenvalue weighted by molar-refractivity contribution is -0.0912. The van der Waals surface area contributed by atoms with E-state index in [0.29, 0.717) is 5.56 Å². The zero-order valence-corrected chi connectivity index (χ0v) is 12.4. The van der Waals surface area contributed by atoms with Crippen LogP contribution in [0.2, 0.25) is 0 Å². The first kappa shape index (κ1) is 16.1. The van der Waals surface area contributed by atoms with Crippen LogP contribution in [0.3, 0.4) is 0 Å². The SMILES string of the molecule is CCS(=O)(=O)c1c(C(=O)OC(F)F)nc(-c2cn[nH]c2)n1C. The van der Waals surface area contributed by atoms with E-state index in [-0.39, 0.29) is 11.6 Å². The zero-order valence-electron chi connectivity index (χ0n) is 11.6. The van der Waals surface area contributed by atoms with Gasteiger partial charge in [0, 0.05) is 13.2 Å². The average Bonchev–Trinajstić information content (AvgIpc) is 3.05. The number of carbonyl (C=O) groups is 1. The van der Waals surface area contributed by atoms with Gasteiger partial charge in [-0.15, -0.1) is 0 Å². The lowest BCUT2D eigenvalue weighted by Gasteiger charge is -2.06. The standard InChI is InChI=1S/C11H12F2N4O4S/c1-3-22(19,20)9-7(10(18)21-11(12)13)16-8(17(9)2)6-4-14-15-5-6/h4-5,11H,3H2,1-2H3,(H,14,15). The molecule has 0 radical (unpaired) electrons. The van der Waals surface area contributed by atoms with Crippen molar-refractivity contribution in [3.8, 4) is 11.4 Å². The minimum absolute atomic E-state index is 0.0852. The van der Waals surface area contributed by atoms with E-state index in [1.165, 1.54) is 26.4 Å². The molecule has 11 heteroatoms. The molecule has 0 bridgehead atoms. The lowest BCUT2D eigenvalue weighted by Crippen LogP contribution is -2.17. The summed E-state index contributed by atoms with van der Waals surface area (Å²) in [6.45, 7) is -2.01. The molecule has 0 amide bonds. The quantitative estimate of drug-likeness (QED) is 0.817. The van der Waals surface area contributed by atoms with Crippen LogP contribution in [0.1, 0.15) is 17.4 Å². The van der Waals surface area contributed by atoms with Gasteiger partial charge < -0.3 is 9.30 Å². The van der Waals surface area contributed by atoms with Crippen LogP contribution in [0.15, 0.2) is 17.4 Å². The number of sulfone groups is 1. The summed E-state index contributed by atoms with van der Waals surface area (Å²) in [6, 6.07) is 0. The van der Waals surface area contributed by atoms with Gasteiger partial charge in [-0.3, -0.25) is 5.10 Å². The van der Waals surface area contributed by atoms with E-state index in [2.05, 4.69) is 19.9 Å². The second-order valence-corrected chi connectivity index (χ2v) is 6.40. The Hall–Kier alpha value is -2.30.